The van der Waals surface area contributed by atoms with Crippen LogP contribution in [0.5, 0.6) is 0 Å². The molecule has 14 heavy (non-hydrogen) atoms. The van der Waals surface area contributed by atoms with Crippen molar-refractivity contribution < 1.29 is 14.4 Å². The van der Waals surface area contributed by atoms with Gasteiger partial charge in [0.05, 0.1) is 26.2 Å². The molecule has 0 aromatic carbocycles. The molecule has 1 saturated heterocycles. The van der Waals surface area contributed by atoms with E-state index < -0.39 is 0 Å². The van der Waals surface area contributed by atoms with E-state index in [0.717, 1.165) is 25.9 Å². The van der Waals surface area contributed by atoms with Crippen LogP contribution in [0.4, 0.5) is 4.79 Å². The van der Waals surface area contributed by atoms with Crippen molar-refractivity contribution in [3.05, 3.63) is 0 Å². The van der Waals surface area contributed by atoms with Crippen LogP contribution in [0, 0.1) is 0 Å². The number of quaternary nitrogens is 1. The summed E-state index contributed by atoms with van der Waals surface area (Å²) in [5, 5.41) is 2.89. The third-order valence-corrected chi connectivity index (χ3v) is 2.79. The Balaban J connectivity index is 2.18. The number of nitrogens with one attached hydrogen (secondary N) is 2. The fourth-order valence-corrected chi connectivity index (χ4v) is 1.86. The predicted molar refractivity (Wildman–Crippen MR) is 54.4 cm³/mol. The summed E-state index contributed by atoms with van der Waals surface area (Å²) in [7, 11) is 0. The molecule has 0 saturated carbocycles. The fraction of sp³-hybridized carbons (Fsp3) is 0.900. The van der Waals surface area contributed by atoms with Crippen molar-refractivity contribution in [2.24, 2.45) is 0 Å². The first-order valence-corrected chi connectivity index (χ1v) is 5.53. The smallest absolute Gasteiger partial charge is 0.407 e. The summed E-state index contributed by atoms with van der Waals surface area (Å²) < 4.78 is 4.84. The van der Waals surface area contributed by atoms with E-state index in [1.54, 1.807) is 4.90 Å². The van der Waals surface area contributed by atoms with Crippen LogP contribution in [-0.4, -0.2) is 38.4 Å². The minimum absolute atomic E-state index is 0.266. The monoisotopic (exact) mass is 201 g/mol. The number of amides is 1. The molecule has 0 aromatic heterocycles. The van der Waals surface area contributed by atoms with Crippen LogP contribution in [0.3, 0.4) is 0 Å². The molecule has 4 nitrogen and oxygen atoms in total. The van der Waals surface area contributed by atoms with Gasteiger partial charge in [-0.1, -0.05) is 0 Å². The van der Waals surface area contributed by atoms with Gasteiger partial charge in [0.25, 0.3) is 0 Å². The number of ether oxygens (including phenoxy) is 1. The molecule has 1 fully saturated rings. The van der Waals surface area contributed by atoms with Crippen LogP contribution in [0.1, 0.15) is 26.7 Å². The molecule has 0 spiro atoms. The van der Waals surface area contributed by atoms with Crippen LogP contribution >= 0.6 is 0 Å². The van der Waals surface area contributed by atoms with Gasteiger partial charge in [-0.25, -0.2) is 4.79 Å². The van der Waals surface area contributed by atoms with Gasteiger partial charge in [0.2, 0.25) is 0 Å². The quantitative estimate of drug-likeness (QED) is 0.664. The van der Waals surface area contributed by atoms with Crippen molar-refractivity contribution in [1.29, 1.82) is 0 Å². The van der Waals surface area contributed by atoms with Gasteiger partial charge in [-0.3, -0.25) is 0 Å². The first-order chi connectivity index (χ1) is 6.76. The molecule has 0 aromatic rings. The third kappa shape index (κ3) is 3.54. The second kappa shape index (κ2) is 5.86. The molecule has 1 amide bonds. The van der Waals surface area contributed by atoms with Crippen LogP contribution in [0.2, 0.25) is 0 Å². The fourth-order valence-electron chi connectivity index (χ4n) is 1.86. The summed E-state index contributed by atoms with van der Waals surface area (Å²) in [4.78, 5) is 12.8. The van der Waals surface area contributed by atoms with Crippen molar-refractivity contribution in [3.8, 4) is 0 Å². The van der Waals surface area contributed by atoms with Gasteiger partial charge >= 0.3 is 6.09 Å². The van der Waals surface area contributed by atoms with E-state index in [2.05, 4.69) is 12.2 Å². The zero-order valence-corrected chi connectivity index (χ0v) is 9.14. The Morgan fingerprint density at radius 2 is 2.07 bits per heavy atom. The third-order valence-electron chi connectivity index (χ3n) is 2.79. The van der Waals surface area contributed by atoms with E-state index in [1.165, 1.54) is 6.54 Å². The average Bonchev–Trinajstić information content (AvgIpc) is 2.19. The summed E-state index contributed by atoms with van der Waals surface area (Å²) in [6, 6.07) is 0.323. The maximum absolute atomic E-state index is 11.1. The summed E-state index contributed by atoms with van der Waals surface area (Å²) in [5.74, 6) is 0. The molecule has 0 unspecified atom stereocenters. The molecule has 0 aliphatic carbocycles. The van der Waals surface area contributed by atoms with E-state index in [9.17, 15) is 4.79 Å². The van der Waals surface area contributed by atoms with E-state index in [4.69, 9.17) is 4.74 Å². The average molecular weight is 201 g/mol. The molecule has 0 radical (unpaired) electrons. The maximum atomic E-state index is 11.1. The van der Waals surface area contributed by atoms with Crippen molar-refractivity contribution in [2.75, 3.05) is 26.2 Å². The van der Waals surface area contributed by atoms with Gasteiger partial charge in [0.1, 0.15) is 0 Å². The lowest BCUT2D eigenvalue weighted by Gasteiger charge is -2.28. The minimum Gasteiger partial charge on any atom is -0.450 e. The largest absolute Gasteiger partial charge is 0.450 e. The van der Waals surface area contributed by atoms with Crippen LogP contribution in [-0.2, 0) is 4.74 Å². The summed E-state index contributed by atoms with van der Waals surface area (Å²) in [6.45, 7) is 7.98. The Morgan fingerprint density at radius 1 is 1.43 bits per heavy atom. The second-order valence-electron chi connectivity index (χ2n) is 3.74. The molecular formula is C10H21N2O2+. The number of carbonyl (C=O) groups excluding carboxylic acids is 1. The van der Waals surface area contributed by atoms with Gasteiger partial charge in [0, 0.05) is 18.9 Å². The summed E-state index contributed by atoms with van der Waals surface area (Å²) in [5.41, 5.74) is 0. The molecule has 82 valence electrons. The van der Waals surface area contributed by atoms with Crippen LogP contribution in [0.25, 0.3) is 0 Å². The van der Waals surface area contributed by atoms with Crippen LogP contribution < -0.4 is 10.2 Å². The molecule has 1 rings (SSSR count). The Bertz CT molecular complexity index is 177. The lowest BCUT2D eigenvalue weighted by Crippen LogP contribution is -3.13. The number of likely N-dealkylation sites (tertiary alicyclic amines) is 1. The molecule has 2 N–H and O–H groups in total. The second-order valence-corrected chi connectivity index (χ2v) is 3.74. The normalized spacial score (nSPS) is 27.0. The Labute approximate surface area is 85.6 Å². The summed E-state index contributed by atoms with van der Waals surface area (Å²) >= 11 is 0. The highest BCUT2D eigenvalue weighted by Gasteiger charge is 2.22. The number of alkyl carbamates (subject to hydrolysis) is 1. The van der Waals surface area contributed by atoms with Crippen molar-refractivity contribution in [2.45, 2.75) is 32.7 Å². The van der Waals surface area contributed by atoms with Gasteiger partial charge in [-0.05, 0) is 13.8 Å². The molecule has 0 bridgehead atoms. The number of rotatable bonds is 3. The Hall–Kier alpha value is -0.770. The van der Waals surface area contributed by atoms with Gasteiger partial charge in [0.15, 0.2) is 0 Å². The van der Waals surface area contributed by atoms with E-state index in [0.29, 0.717) is 12.6 Å². The standard InChI is InChI=1S/C10H20N2O2/c1-3-12-7-5-9(6-8-12)11-10(13)14-4-2/h9H,3-8H2,1-2H3,(H,11,13)/p+1. The first kappa shape index (κ1) is 11.3. The highest BCUT2D eigenvalue weighted by molar-refractivity contribution is 5.67. The van der Waals surface area contributed by atoms with Crippen molar-refractivity contribution >= 4 is 6.09 Å². The SMILES string of the molecule is CCOC(=O)NC1CC[NH+](CC)CC1. The van der Waals surface area contributed by atoms with E-state index in [-0.39, 0.29) is 6.09 Å². The van der Waals surface area contributed by atoms with Gasteiger partial charge < -0.3 is 15.0 Å². The Morgan fingerprint density at radius 3 is 2.57 bits per heavy atom. The molecule has 4 heteroatoms. The number of carbonyl (C=O) groups is 1. The Kier molecular flexibility index (Phi) is 4.73. The zero-order chi connectivity index (χ0) is 10.4. The minimum atomic E-state index is -0.266. The number of hydrogen-bond acceptors (Lipinski definition) is 2. The molecule has 0 atom stereocenters. The van der Waals surface area contributed by atoms with Crippen molar-refractivity contribution in [3.63, 3.8) is 0 Å². The highest BCUT2D eigenvalue weighted by Crippen LogP contribution is 1.99. The topological polar surface area (TPSA) is 42.8 Å². The molecule has 1 aliphatic heterocycles. The molecule has 1 aliphatic rings. The summed E-state index contributed by atoms with van der Waals surface area (Å²) in [6.07, 6.45) is 1.88. The molecule has 1 heterocycles. The predicted octanol–water partition coefficient (Wildman–Crippen LogP) is -0.200. The first-order valence-electron chi connectivity index (χ1n) is 5.53. The van der Waals surface area contributed by atoms with E-state index in [1.807, 2.05) is 6.92 Å². The molecular weight excluding hydrogens is 180 g/mol. The van der Waals surface area contributed by atoms with Gasteiger partial charge in [-0.2, -0.15) is 0 Å². The number of hydrogen-bond donors (Lipinski definition) is 2. The maximum Gasteiger partial charge on any atom is 0.407 e. The van der Waals surface area contributed by atoms with Crippen LogP contribution in [0.15, 0.2) is 0 Å². The number of piperidine rings is 1. The van der Waals surface area contributed by atoms with Gasteiger partial charge in [-0.15, -0.1) is 0 Å². The van der Waals surface area contributed by atoms with Crippen molar-refractivity contribution in [1.82, 2.24) is 5.32 Å². The lowest BCUT2D eigenvalue weighted by molar-refractivity contribution is -0.903. The zero-order valence-electron chi connectivity index (χ0n) is 9.14. The highest BCUT2D eigenvalue weighted by atomic mass is 16.5. The van der Waals surface area contributed by atoms with E-state index >= 15 is 0 Å². The lowest BCUT2D eigenvalue weighted by atomic mass is 10.1.